The van der Waals surface area contributed by atoms with Crippen molar-refractivity contribution in [1.82, 2.24) is 10.2 Å². The maximum absolute atomic E-state index is 12.2. The second kappa shape index (κ2) is 6.80. The number of ether oxygens (including phenoxy) is 1. The summed E-state index contributed by atoms with van der Waals surface area (Å²) in [5.74, 6) is 1.47. The number of carbonyl (C=O) groups is 1. The quantitative estimate of drug-likeness (QED) is 0.797. The van der Waals surface area contributed by atoms with Gasteiger partial charge in [0, 0.05) is 11.6 Å². The SMILES string of the molecule is COc1ccc(NC(=O)[C@@H](C)Sc2nnc(C3CC3)o2)cc1Cl. The highest BCUT2D eigenvalue weighted by Gasteiger charge is 2.30. The van der Waals surface area contributed by atoms with Gasteiger partial charge in [-0.15, -0.1) is 10.2 Å². The molecular weight excluding hydrogens is 338 g/mol. The summed E-state index contributed by atoms with van der Waals surface area (Å²) in [5.41, 5.74) is 0.609. The molecule has 0 bridgehead atoms. The number of carbonyl (C=O) groups excluding carboxylic acids is 1. The number of methoxy groups -OCH3 is 1. The standard InChI is InChI=1S/C15H16ClN3O3S/c1-8(23-15-19-18-14(22-15)9-3-4-9)13(20)17-10-5-6-12(21-2)11(16)7-10/h5-9H,3-4H2,1-2H3,(H,17,20)/t8-/m1/s1. The second-order valence-corrected chi connectivity index (χ2v) is 6.98. The third kappa shape index (κ3) is 3.97. The Morgan fingerprint density at radius 2 is 2.26 bits per heavy atom. The molecular formula is C15H16ClN3O3S. The van der Waals surface area contributed by atoms with E-state index >= 15 is 0 Å². The number of hydrogen-bond donors (Lipinski definition) is 1. The number of aromatic nitrogens is 2. The number of nitrogens with zero attached hydrogens (tertiary/aromatic N) is 2. The van der Waals surface area contributed by atoms with Gasteiger partial charge in [0.2, 0.25) is 11.8 Å². The van der Waals surface area contributed by atoms with Crippen LogP contribution in [0.2, 0.25) is 5.02 Å². The van der Waals surface area contributed by atoms with Crippen molar-refractivity contribution >= 4 is 35.0 Å². The molecule has 1 saturated carbocycles. The summed E-state index contributed by atoms with van der Waals surface area (Å²) in [7, 11) is 1.54. The Balaban J connectivity index is 1.59. The van der Waals surface area contributed by atoms with Crippen LogP contribution in [0.5, 0.6) is 5.75 Å². The van der Waals surface area contributed by atoms with Crippen molar-refractivity contribution in [2.24, 2.45) is 0 Å². The van der Waals surface area contributed by atoms with Gasteiger partial charge < -0.3 is 14.5 Å². The minimum Gasteiger partial charge on any atom is -0.495 e. The zero-order valence-electron chi connectivity index (χ0n) is 12.7. The molecule has 0 unspecified atom stereocenters. The Morgan fingerprint density at radius 3 is 2.91 bits per heavy atom. The molecule has 1 atom stereocenters. The fourth-order valence-corrected chi connectivity index (χ4v) is 2.90. The highest BCUT2D eigenvalue weighted by molar-refractivity contribution is 8.00. The van der Waals surface area contributed by atoms with Gasteiger partial charge in [-0.2, -0.15) is 0 Å². The van der Waals surface area contributed by atoms with Gasteiger partial charge in [0.15, 0.2) is 0 Å². The smallest absolute Gasteiger partial charge is 0.277 e. The van der Waals surface area contributed by atoms with Crippen molar-refractivity contribution in [3.8, 4) is 5.75 Å². The van der Waals surface area contributed by atoms with Crippen LogP contribution < -0.4 is 10.1 Å². The average Bonchev–Trinajstić information content (AvgIpc) is 3.27. The van der Waals surface area contributed by atoms with Crippen LogP contribution in [0.3, 0.4) is 0 Å². The molecule has 1 aliphatic carbocycles. The average molecular weight is 354 g/mol. The first-order valence-corrected chi connectivity index (χ1v) is 8.47. The summed E-state index contributed by atoms with van der Waals surface area (Å²) in [6.45, 7) is 1.78. The molecule has 3 rings (SSSR count). The number of halogens is 1. The molecule has 1 aromatic carbocycles. The van der Waals surface area contributed by atoms with Gasteiger partial charge in [-0.1, -0.05) is 23.4 Å². The van der Waals surface area contributed by atoms with Crippen molar-refractivity contribution in [2.75, 3.05) is 12.4 Å². The van der Waals surface area contributed by atoms with Crippen LogP contribution in [0.25, 0.3) is 0 Å². The molecule has 1 fully saturated rings. The van der Waals surface area contributed by atoms with E-state index in [4.69, 9.17) is 20.8 Å². The number of rotatable bonds is 6. The third-order valence-electron chi connectivity index (χ3n) is 3.41. The topological polar surface area (TPSA) is 77.2 Å². The highest BCUT2D eigenvalue weighted by Crippen LogP contribution is 2.40. The molecule has 23 heavy (non-hydrogen) atoms. The summed E-state index contributed by atoms with van der Waals surface area (Å²) in [4.78, 5) is 12.2. The summed E-state index contributed by atoms with van der Waals surface area (Å²) in [6, 6.07) is 5.08. The lowest BCUT2D eigenvalue weighted by Gasteiger charge is -2.11. The van der Waals surface area contributed by atoms with Gasteiger partial charge in [0.05, 0.1) is 17.4 Å². The lowest BCUT2D eigenvalue weighted by atomic mass is 10.3. The van der Waals surface area contributed by atoms with E-state index in [0.717, 1.165) is 12.8 Å². The number of thioether (sulfide) groups is 1. The van der Waals surface area contributed by atoms with Crippen LogP contribution >= 0.6 is 23.4 Å². The largest absolute Gasteiger partial charge is 0.495 e. The Morgan fingerprint density at radius 1 is 1.48 bits per heavy atom. The number of anilines is 1. The number of nitrogens with one attached hydrogen (secondary N) is 1. The lowest BCUT2D eigenvalue weighted by Crippen LogP contribution is -2.22. The fourth-order valence-electron chi connectivity index (χ4n) is 1.96. The molecule has 0 saturated heterocycles. The van der Waals surface area contributed by atoms with Crippen LogP contribution in [0.1, 0.15) is 31.6 Å². The van der Waals surface area contributed by atoms with E-state index in [2.05, 4.69) is 15.5 Å². The molecule has 1 aliphatic rings. The Kier molecular flexibility index (Phi) is 4.77. The van der Waals surface area contributed by atoms with E-state index in [0.29, 0.717) is 33.5 Å². The molecule has 1 amide bonds. The van der Waals surface area contributed by atoms with Crippen molar-refractivity contribution in [2.45, 2.75) is 36.2 Å². The van der Waals surface area contributed by atoms with Crippen LogP contribution in [0.4, 0.5) is 5.69 Å². The van der Waals surface area contributed by atoms with Crippen molar-refractivity contribution < 1.29 is 13.9 Å². The van der Waals surface area contributed by atoms with Crippen LogP contribution in [0, 0.1) is 0 Å². The van der Waals surface area contributed by atoms with E-state index in [1.54, 1.807) is 32.2 Å². The number of amides is 1. The molecule has 0 spiro atoms. The Hall–Kier alpha value is -1.73. The molecule has 2 aromatic rings. The number of hydrogen-bond acceptors (Lipinski definition) is 6. The predicted molar refractivity (Wildman–Crippen MR) is 88.2 cm³/mol. The van der Waals surface area contributed by atoms with Crippen molar-refractivity contribution in [3.05, 3.63) is 29.1 Å². The van der Waals surface area contributed by atoms with Gasteiger partial charge in [-0.25, -0.2) is 0 Å². The maximum atomic E-state index is 12.2. The van der Waals surface area contributed by atoms with E-state index in [1.165, 1.54) is 11.8 Å². The summed E-state index contributed by atoms with van der Waals surface area (Å²) in [6.07, 6.45) is 2.20. The first-order valence-electron chi connectivity index (χ1n) is 7.21. The molecule has 122 valence electrons. The molecule has 1 aromatic heterocycles. The monoisotopic (exact) mass is 353 g/mol. The van der Waals surface area contributed by atoms with Gasteiger partial charge in [-0.3, -0.25) is 4.79 Å². The molecule has 0 aliphatic heterocycles. The fraction of sp³-hybridized carbons (Fsp3) is 0.400. The van der Waals surface area contributed by atoms with Crippen LogP contribution in [0.15, 0.2) is 27.8 Å². The molecule has 1 heterocycles. The van der Waals surface area contributed by atoms with E-state index in [9.17, 15) is 4.79 Å². The van der Waals surface area contributed by atoms with E-state index in [1.807, 2.05) is 0 Å². The zero-order chi connectivity index (χ0) is 16.4. The Bertz CT molecular complexity index is 718. The van der Waals surface area contributed by atoms with Gasteiger partial charge >= 0.3 is 0 Å². The van der Waals surface area contributed by atoms with Gasteiger partial charge in [-0.05, 0) is 38.0 Å². The van der Waals surface area contributed by atoms with Gasteiger partial charge in [0.1, 0.15) is 5.75 Å². The summed E-state index contributed by atoms with van der Waals surface area (Å²) in [5, 5.41) is 11.3. The Labute approximate surface area is 142 Å². The van der Waals surface area contributed by atoms with Crippen LogP contribution in [-0.2, 0) is 4.79 Å². The van der Waals surface area contributed by atoms with Crippen molar-refractivity contribution in [1.29, 1.82) is 0 Å². The first-order chi connectivity index (χ1) is 11.1. The maximum Gasteiger partial charge on any atom is 0.277 e. The van der Waals surface area contributed by atoms with Crippen LogP contribution in [-0.4, -0.2) is 28.5 Å². The predicted octanol–water partition coefficient (Wildman–Crippen LogP) is 3.73. The summed E-state index contributed by atoms with van der Waals surface area (Å²) >= 11 is 7.28. The minimum atomic E-state index is -0.372. The molecule has 0 radical (unpaired) electrons. The molecule has 8 heteroatoms. The van der Waals surface area contributed by atoms with Gasteiger partial charge in [0.25, 0.3) is 5.22 Å². The minimum absolute atomic E-state index is 0.164. The molecule has 1 N–H and O–H groups in total. The van der Waals surface area contributed by atoms with E-state index in [-0.39, 0.29) is 11.2 Å². The third-order valence-corrected chi connectivity index (χ3v) is 4.64. The lowest BCUT2D eigenvalue weighted by molar-refractivity contribution is -0.115. The zero-order valence-corrected chi connectivity index (χ0v) is 14.3. The molecule has 6 nitrogen and oxygen atoms in total. The van der Waals surface area contributed by atoms with E-state index < -0.39 is 0 Å². The summed E-state index contributed by atoms with van der Waals surface area (Å²) < 4.78 is 10.6. The second-order valence-electron chi connectivity index (χ2n) is 5.28. The number of benzene rings is 1. The first kappa shape index (κ1) is 16.1. The highest BCUT2D eigenvalue weighted by atomic mass is 35.5. The van der Waals surface area contributed by atoms with Crippen molar-refractivity contribution in [3.63, 3.8) is 0 Å². The normalized spacial score (nSPS) is 15.3.